The summed E-state index contributed by atoms with van der Waals surface area (Å²) in [4.78, 5) is 36.9. The first-order valence-electron chi connectivity index (χ1n) is 9.95. The van der Waals surface area contributed by atoms with Crippen LogP contribution in [0, 0.1) is 38.7 Å². The molecule has 0 saturated carbocycles. The molecule has 33 heavy (non-hydrogen) atoms. The number of Topliss-reactive ketones (excluding diaryl/α,β-unsaturated/α-hetero) is 1. The Bertz CT molecular complexity index is 1220. The zero-order chi connectivity index (χ0) is 23.8. The minimum absolute atomic E-state index is 0.178. The third-order valence-corrected chi connectivity index (χ3v) is 5.15. The third-order valence-electron chi connectivity index (χ3n) is 5.15. The van der Waals surface area contributed by atoms with E-state index in [1.807, 2.05) is 12.1 Å². The molecule has 3 aromatic carbocycles. The van der Waals surface area contributed by atoms with Crippen LogP contribution in [0.1, 0.15) is 32.2 Å². The van der Waals surface area contributed by atoms with Crippen LogP contribution in [-0.4, -0.2) is 22.7 Å². The van der Waals surface area contributed by atoms with E-state index in [2.05, 4.69) is 5.32 Å². The van der Waals surface area contributed by atoms with Crippen molar-refractivity contribution in [1.29, 1.82) is 10.5 Å². The second-order valence-corrected chi connectivity index (χ2v) is 7.16. The van der Waals surface area contributed by atoms with E-state index in [9.17, 15) is 30.2 Å². The van der Waals surface area contributed by atoms with Crippen molar-refractivity contribution < 1.29 is 14.5 Å². The fraction of sp³-hybridized carbons (Fsp3) is 0.120. The van der Waals surface area contributed by atoms with Gasteiger partial charge in [0.05, 0.1) is 17.1 Å². The lowest BCUT2D eigenvalue weighted by Crippen LogP contribution is -2.47. The van der Waals surface area contributed by atoms with E-state index in [4.69, 9.17) is 0 Å². The summed E-state index contributed by atoms with van der Waals surface area (Å²) < 4.78 is 0. The van der Waals surface area contributed by atoms with Crippen LogP contribution in [0.15, 0.2) is 84.9 Å². The molecule has 8 heteroatoms. The largest absolute Gasteiger partial charge is 0.341 e. The SMILES string of the molecule is N#CC(C#N)[C@@H](c1ccc([N+](=O)[O-])cc1)[C@H](NC(=O)c1ccccc1)C(=O)c1ccccc1. The summed E-state index contributed by atoms with van der Waals surface area (Å²) in [5.41, 5.74) is 0.757. The van der Waals surface area contributed by atoms with Gasteiger partial charge in [0, 0.05) is 29.2 Å². The Morgan fingerprint density at radius 2 is 1.33 bits per heavy atom. The van der Waals surface area contributed by atoms with Crippen molar-refractivity contribution in [3.8, 4) is 12.1 Å². The molecular weight excluding hydrogens is 420 g/mol. The highest BCUT2D eigenvalue weighted by Crippen LogP contribution is 2.31. The smallest absolute Gasteiger partial charge is 0.269 e. The maximum absolute atomic E-state index is 13.5. The third kappa shape index (κ3) is 5.27. The minimum atomic E-state index is -1.31. The first kappa shape index (κ1) is 22.9. The highest BCUT2D eigenvalue weighted by atomic mass is 16.6. The van der Waals surface area contributed by atoms with Crippen molar-refractivity contribution in [1.82, 2.24) is 5.32 Å². The Hall–Kier alpha value is -4.82. The first-order valence-corrected chi connectivity index (χ1v) is 9.95. The highest BCUT2D eigenvalue weighted by molar-refractivity contribution is 6.05. The molecule has 0 aliphatic carbocycles. The van der Waals surface area contributed by atoms with Crippen molar-refractivity contribution in [2.24, 2.45) is 5.92 Å². The molecule has 0 bridgehead atoms. The van der Waals surface area contributed by atoms with Gasteiger partial charge >= 0.3 is 0 Å². The summed E-state index contributed by atoms with van der Waals surface area (Å²) >= 11 is 0. The molecule has 0 saturated heterocycles. The molecule has 2 atom stereocenters. The number of nitriles is 2. The van der Waals surface area contributed by atoms with E-state index >= 15 is 0 Å². The molecule has 162 valence electrons. The van der Waals surface area contributed by atoms with Gasteiger partial charge in [-0.3, -0.25) is 19.7 Å². The van der Waals surface area contributed by atoms with Gasteiger partial charge in [0.1, 0.15) is 12.0 Å². The second kappa shape index (κ2) is 10.5. The van der Waals surface area contributed by atoms with Crippen molar-refractivity contribution in [3.05, 3.63) is 112 Å². The number of amides is 1. The fourth-order valence-electron chi connectivity index (χ4n) is 3.50. The number of nitro benzene ring substituents is 1. The van der Waals surface area contributed by atoms with Crippen LogP contribution >= 0.6 is 0 Å². The molecule has 0 unspecified atom stereocenters. The van der Waals surface area contributed by atoms with Crippen LogP contribution in [0.3, 0.4) is 0 Å². The fourth-order valence-corrected chi connectivity index (χ4v) is 3.50. The number of nitrogens with one attached hydrogen (secondary N) is 1. The van der Waals surface area contributed by atoms with Crippen molar-refractivity contribution in [2.45, 2.75) is 12.0 Å². The number of nitrogens with zero attached hydrogens (tertiary/aromatic N) is 3. The summed E-state index contributed by atoms with van der Waals surface area (Å²) in [5, 5.41) is 33.0. The molecule has 0 aliphatic heterocycles. The van der Waals surface area contributed by atoms with Crippen LogP contribution in [-0.2, 0) is 0 Å². The van der Waals surface area contributed by atoms with E-state index < -0.39 is 34.5 Å². The van der Waals surface area contributed by atoms with E-state index in [1.54, 1.807) is 60.7 Å². The lowest BCUT2D eigenvalue weighted by molar-refractivity contribution is -0.384. The highest BCUT2D eigenvalue weighted by Gasteiger charge is 2.38. The van der Waals surface area contributed by atoms with Gasteiger partial charge in [0.15, 0.2) is 5.78 Å². The van der Waals surface area contributed by atoms with Crippen LogP contribution in [0.5, 0.6) is 0 Å². The molecule has 0 fully saturated rings. The van der Waals surface area contributed by atoms with Crippen molar-refractivity contribution >= 4 is 17.4 Å². The van der Waals surface area contributed by atoms with Gasteiger partial charge in [-0.2, -0.15) is 10.5 Å². The number of ketones is 1. The number of rotatable bonds is 8. The molecule has 3 aromatic rings. The average Bonchev–Trinajstić information content (AvgIpc) is 2.86. The van der Waals surface area contributed by atoms with Crippen LogP contribution < -0.4 is 5.32 Å². The minimum Gasteiger partial charge on any atom is -0.341 e. The Kier molecular flexibility index (Phi) is 7.25. The Labute approximate surface area is 189 Å². The molecule has 8 nitrogen and oxygen atoms in total. The first-order chi connectivity index (χ1) is 16.0. The maximum atomic E-state index is 13.5. The summed E-state index contributed by atoms with van der Waals surface area (Å²) in [6.45, 7) is 0. The number of hydrogen-bond donors (Lipinski definition) is 1. The van der Waals surface area contributed by atoms with Gasteiger partial charge in [-0.25, -0.2) is 0 Å². The summed E-state index contributed by atoms with van der Waals surface area (Å²) in [6, 6.07) is 24.2. The lowest BCUT2D eigenvalue weighted by atomic mass is 9.78. The van der Waals surface area contributed by atoms with Gasteiger partial charge in [0.25, 0.3) is 11.6 Å². The zero-order valence-corrected chi connectivity index (χ0v) is 17.3. The van der Waals surface area contributed by atoms with Gasteiger partial charge in [-0.1, -0.05) is 60.7 Å². The zero-order valence-electron chi connectivity index (χ0n) is 17.3. The molecule has 1 amide bonds. The molecular formula is C25H18N4O4. The van der Waals surface area contributed by atoms with Crippen LogP contribution in [0.2, 0.25) is 0 Å². The normalized spacial score (nSPS) is 12.1. The molecule has 0 heterocycles. The molecule has 0 aromatic heterocycles. The monoisotopic (exact) mass is 438 g/mol. The van der Waals surface area contributed by atoms with E-state index in [1.165, 1.54) is 24.3 Å². The van der Waals surface area contributed by atoms with E-state index in [0.29, 0.717) is 11.1 Å². The molecule has 3 rings (SSSR count). The number of carbonyl (C=O) groups excluding carboxylic acids is 2. The maximum Gasteiger partial charge on any atom is 0.269 e. The van der Waals surface area contributed by atoms with Gasteiger partial charge < -0.3 is 5.32 Å². The predicted molar refractivity (Wildman–Crippen MR) is 119 cm³/mol. The van der Waals surface area contributed by atoms with E-state index in [-0.39, 0.29) is 11.3 Å². The van der Waals surface area contributed by atoms with Crippen LogP contribution in [0.4, 0.5) is 5.69 Å². The topological polar surface area (TPSA) is 137 Å². The predicted octanol–water partition coefficient (Wildman–Crippen LogP) is 4.02. The Morgan fingerprint density at radius 1 is 0.818 bits per heavy atom. The number of carbonyl (C=O) groups is 2. The summed E-state index contributed by atoms with van der Waals surface area (Å²) in [7, 11) is 0. The number of benzene rings is 3. The quantitative estimate of drug-likeness (QED) is 0.320. The summed E-state index contributed by atoms with van der Waals surface area (Å²) in [6.07, 6.45) is 0. The second-order valence-electron chi connectivity index (χ2n) is 7.16. The molecule has 1 N–H and O–H groups in total. The Morgan fingerprint density at radius 3 is 1.82 bits per heavy atom. The standard InChI is InChI=1S/C25H18N4O4/c26-15-20(16-27)22(17-11-13-21(14-12-17)29(32)33)23(24(30)18-7-3-1-4-8-18)28-25(31)19-9-5-2-6-10-19/h1-14,20,22-23H,(H,28,31)/t22-,23+/m1/s1. The van der Waals surface area contributed by atoms with Gasteiger partial charge in [0.2, 0.25) is 0 Å². The van der Waals surface area contributed by atoms with Gasteiger partial charge in [-0.05, 0) is 17.7 Å². The van der Waals surface area contributed by atoms with Crippen LogP contribution in [0.25, 0.3) is 0 Å². The number of hydrogen-bond acceptors (Lipinski definition) is 6. The van der Waals surface area contributed by atoms with E-state index in [0.717, 1.165) is 0 Å². The van der Waals surface area contributed by atoms with Crippen molar-refractivity contribution in [2.75, 3.05) is 0 Å². The van der Waals surface area contributed by atoms with Gasteiger partial charge in [-0.15, -0.1) is 0 Å². The lowest BCUT2D eigenvalue weighted by Gasteiger charge is -2.28. The molecule has 0 spiro atoms. The Balaban J connectivity index is 2.11. The average molecular weight is 438 g/mol. The van der Waals surface area contributed by atoms with Crippen molar-refractivity contribution in [3.63, 3.8) is 0 Å². The number of non-ortho nitro benzene ring substituents is 1. The summed E-state index contributed by atoms with van der Waals surface area (Å²) in [5.74, 6) is -3.41. The molecule has 0 radical (unpaired) electrons. The number of nitro groups is 1. The molecule has 0 aliphatic rings.